The molecule has 130 valence electrons. The van der Waals surface area contributed by atoms with Gasteiger partial charge in [-0.2, -0.15) is 0 Å². The van der Waals surface area contributed by atoms with Gasteiger partial charge in [0.2, 0.25) is 11.8 Å². The zero-order chi connectivity index (χ0) is 17.6. The van der Waals surface area contributed by atoms with Crippen molar-refractivity contribution >= 4 is 17.5 Å². The number of amides is 2. The van der Waals surface area contributed by atoms with Gasteiger partial charge >= 0.3 is 0 Å². The number of nitrogens with zero attached hydrogens (tertiary/aromatic N) is 1. The van der Waals surface area contributed by atoms with Gasteiger partial charge in [0.05, 0.1) is 0 Å². The maximum absolute atomic E-state index is 12.5. The second-order valence-corrected chi connectivity index (χ2v) is 6.00. The molecule has 1 aliphatic rings. The van der Waals surface area contributed by atoms with Gasteiger partial charge in [-0.15, -0.1) is 0 Å². The Balaban J connectivity index is 1.67. The molecule has 1 fully saturated rings. The summed E-state index contributed by atoms with van der Waals surface area (Å²) in [5.74, 6) is -0.220. The Kier molecular flexibility index (Phi) is 5.33. The smallest absolute Gasteiger partial charge is 0.239 e. The van der Waals surface area contributed by atoms with Gasteiger partial charge in [0.15, 0.2) is 0 Å². The summed E-state index contributed by atoms with van der Waals surface area (Å²) >= 11 is 0. The highest BCUT2D eigenvalue weighted by molar-refractivity contribution is 6.09. The molecule has 1 aliphatic heterocycles. The van der Waals surface area contributed by atoms with E-state index < -0.39 is 5.92 Å². The second-order valence-electron chi connectivity index (χ2n) is 6.00. The van der Waals surface area contributed by atoms with E-state index in [0.29, 0.717) is 31.9 Å². The van der Waals surface area contributed by atoms with Crippen LogP contribution < -0.4 is 15.0 Å². The minimum Gasteiger partial charge on any atom is -0.489 e. The lowest BCUT2D eigenvalue weighted by atomic mass is 10.1. The molecule has 3 rings (SSSR count). The zero-order valence-electron chi connectivity index (χ0n) is 14.3. The number of ether oxygens (including phenoxy) is 1. The first-order valence-corrected chi connectivity index (χ1v) is 8.55. The summed E-state index contributed by atoms with van der Waals surface area (Å²) in [5.41, 5.74) is 1.85. The largest absolute Gasteiger partial charge is 0.489 e. The third kappa shape index (κ3) is 3.99. The topological polar surface area (TPSA) is 58.6 Å². The Labute approximate surface area is 147 Å². The SMILES string of the molecule is CCNC(=O)[C@H]1CCN(c2cccc(OCc3ccccc3)c2)C1=O. The zero-order valence-corrected chi connectivity index (χ0v) is 14.3. The van der Waals surface area contributed by atoms with Crippen molar-refractivity contribution in [2.45, 2.75) is 20.0 Å². The lowest BCUT2D eigenvalue weighted by molar-refractivity contribution is -0.132. The molecule has 0 saturated carbocycles. The third-order valence-corrected chi connectivity index (χ3v) is 4.25. The first kappa shape index (κ1) is 17.0. The molecule has 2 aromatic carbocycles. The first-order chi connectivity index (χ1) is 12.2. The molecule has 0 bridgehead atoms. The lowest BCUT2D eigenvalue weighted by Crippen LogP contribution is -2.36. The summed E-state index contributed by atoms with van der Waals surface area (Å²) in [6.07, 6.45) is 0.541. The predicted octanol–water partition coefficient (Wildman–Crippen LogP) is 2.75. The summed E-state index contributed by atoms with van der Waals surface area (Å²) in [5, 5.41) is 2.73. The number of carbonyl (C=O) groups is 2. The molecule has 1 heterocycles. The van der Waals surface area contributed by atoms with E-state index in [1.807, 2.05) is 61.5 Å². The number of hydrogen-bond acceptors (Lipinski definition) is 3. The van der Waals surface area contributed by atoms with Crippen molar-refractivity contribution in [3.8, 4) is 5.75 Å². The molecular weight excluding hydrogens is 316 g/mol. The van der Waals surface area contributed by atoms with E-state index in [2.05, 4.69) is 5.32 Å². The summed E-state index contributed by atoms with van der Waals surface area (Å²) < 4.78 is 5.82. The molecule has 2 amide bonds. The Bertz CT molecular complexity index is 746. The fourth-order valence-corrected chi connectivity index (χ4v) is 2.96. The van der Waals surface area contributed by atoms with Crippen LogP contribution in [0.15, 0.2) is 54.6 Å². The highest BCUT2D eigenvalue weighted by Gasteiger charge is 2.37. The van der Waals surface area contributed by atoms with Crippen LogP contribution >= 0.6 is 0 Å². The lowest BCUT2D eigenvalue weighted by Gasteiger charge is -2.18. The van der Waals surface area contributed by atoms with Crippen LogP contribution in [-0.2, 0) is 16.2 Å². The minimum atomic E-state index is -0.589. The maximum atomic E-state index is 12.5. The molecular formula is C20H22N2O3. The molecule has 2 aromatic rings. The number of rotatable bonds is 6. The van der Waals surface area contributed by atoms with Crippen LogP contribution in [0.25, 0.3) is 0 Å². The molecule has 25 heavy (non-hydrogen) atoms. The summed E-state index contributed by atoms with van der Waals surface area (Å²) in [7, 11) is 0. The fraction of sp³-hybridized carbons (Fsp3) is 0.300. The number of benzene rings is 2. The van der Waals surface area contributed by atoms with Gasteiger partial charge in [0.25, 0.3) is 0 Å². The number of carbonyl (C=O) groups excluding carboxylic acids is 2. The van der Waals surface area contributed by atoms with Crippen molar-refractivity contribution < 1.29 is 14.3 Å². The molecule has 0 aliphatic carbocycles. The molecule has 5 heteroatoms. The van der Waals surface area contributed by atoms with Crippen molar-refractivity contribution in [3.63, 3.8) is 0 Å². The van der Waals surface area contributed by atoms with Crippen LogP contribution in [-0.4, -0.2) is 24.9 Å². The number of nitrogens with one attached hydrogen (secondary N) is 1. The van der Waals surface area contributed by atoms with Crippen LogP contribution in [0.2, 0.25) is 0 Å². The summed E-state index contributed by atoms with van der Waals surface area (Å²) in [4.78, 5) is 26.2. The van der Waals surface area contributed by atoms with E-state index in [-0.39, 0.29) is 11.8 Å². The molecule has 0 spiro atoms. The van der Waals surface area contributed by atoms with Crippen molar-refractivity contribution in [2.24, 2.45) is 5.92 Å². The monoisotopic (exact) mass is 338 g/mol. The van der Waals surface area contributed by atoms with Crippen LogP contribution in [0.4, 0.5) is 5.69 Å². The van der Waals surface area contributed by atoms with Gasteiger partial charge in [0, 0.05) is 24.8 Å². The van der Waals surface area contributed by atoms with Gasteiger partial charge in [-0.05, 0) is 31.0 Å². The second kappa shape index (κ2) is 7.83. The van der Waals surface area contributed by atoms with E-state index in [1.54, 1.807) is 4.90 Å². The van der Waals surface area contributed by atoms with Crippen LogP contribution in [0.3, 0.4) is 0 Å². The van der Waals surface area contributed by atoms with E-state index in [9.17, 15) is 9.59 Å². The van der Waals surface area contributed by atoms with E-state index in [4.69, 9.17) is 4.74 Å². The van der Waals surface area contributed by atoms with Gasteiger partial charge in [-0.1, -0.05) is 36.4 Å². The molecule has 1 atom stereocenters. The highest BCUT2D eigenvalue weighted by atomic mass is 16.5. The molecule has 1 saturated heterocycles. The van der Waals surface area contributed by atoms with Crippen molar-refractivity contribution in [1.29, 1.82) is 0 Å². The van der Waals surface area contributed by atoms with Crippen LogP contribution in [0, 0.1) is 5.92 Å². The van der Waals surface area contributed by atoms with Gasteiger partial charge in [-0.25, -0.2) is 0 Å². The van der Waals surface area contributed by atoms with Gasteiger partial charge in [-0.3, -0.25) is 9.59 Å². The fourth-order valence-electron chi connectivity index (χ4n) is 2.96. The van der Waals surface area contributed by atoms with Crippen molar-refractivity contribution in [3.05, 3.63) is 60.2 Å². The van der Waals surface area contributed by atoms with E-state index >= 15 is 0 Å². The Hall–Kier alpha value is -2.82. The highest BCUT2D eigenvalue weighted by Crippen LogP contribution is 2.28. The predicted molar refractivity (Wildman–Crippen MR) is 96.4 cm³/mol. The Morgan fingerprint density at radius 3 is 2.76 bits per heavy atom. The van der Waals surface area contributed by atoms with E-state index in [1.165, 1.54) is 0 Å². The minimum absolute atomic E-state index is 0.147. The summed E-state index contributed by atoms with van der Waals surface area (Å²) in [6, 6.07) is 17.4. The molecule has 0 unspecified atom stereocenters. The Morgan fingerprint density at radius 2 is 2.00 bits per heavy atom. The normalized spacial score (nSPS) is 16.8. The van der Waals surface area contributed by atoms with Crippen molar-refractivity contribution in [2.75, 3.05) is 18.0 Å². The summed E-state index contributed by atoms with van der Waals surface area (Å²) in [6.45, 7) is 3.40. The average Bonchev–Trinajstić information content (AvgIpc) is 3.03. The molecule has 0 aromatic heterocycles. The molecule has 1 N–H and O–H groups in total. The first-order valence-electron chi connectivity index (χ1n) is 8.55. The van der Waals surface area contributed by atoms with Crippen LogP contribution in [0.1, 0.15) is 18.9 Å². The van der Waals surface area contributed by atoms with Crippen LogP contribution in [0.5, 0.6) is 5.75 Å². The third-order valence-electron chi connectivity index (χ3n) is 4.25. The maximum Gasteiger partial charge on any atom is 0.239 e. The number of anilines is 1. The quantitative estimate of drug-likeness (QED) is 0.824. The molecule has 5 nitrogen and oxygen atoms in total. The molecule has 0 radical (unpaired) electrons. The Morgan fingerprint density at radius 1 is 1.20 bits per heavy atom. The van der Waals surface area contributed by atoms with E-state index in [0.717, 1.165) is 11.3 Å². The number of hydrogen-bond donors (Lipinski definition) is 1. The standard InChI is InChI=1S/C20H22N2O3/c1-2-21-19(23)18-11-12-22(20(18)24)16-9-6-10-17(13-16)25-14-15-7-4-3-5-8-15/h3-10,13,18H,2,11-12,14H2,1H3,(H,21,23)/t18-/m1/s1. The average molecular weight is 338 g/mol. The van der Waals surface area contributed by atoms with Gasteiger partial charge < -0.3 is 15.0 Å². The van der Waals surface area contributed by atoms with Crippen molar-refractivity contribution in [1.82, 2.24) is 5.32 Å². The van der Waals surface area contributed by atoms with Gasteiger partial charge in [0.1, 0.15) is 18.3 Å².